The molecule has 0 amide bonds. The van der Waals surface area contributed by atoms with Gasteiger partial charge in [-0.2, -0.15) is 0 Å². The third-order valence-corrected chi connectivity index (χ3v) is 3.79. The second-order valence-electron chi connectivity index (χ2n) is 5.92. The summed E-state index contributed by atoms with van der Waals surface area (Å²) in [5.74, 6) is 0.787. The van der Waals surface area contributed by atoms with Gasteiger partial charge in [0.25, 0.3) is 0 Å². The summed E-state index contributed by atoms with van der Waals surface area (Å²) in [6.07, 6.45) is 3.24. The Kier molecular flexibility index (Phi) is 11.1. The van der Waals surface area contributed by atoms with Gasteiger partial charge in [-0.05, 0) is 43.5 Å². The molecule has 1 aromatic carbocycles. The summed E-state index contributed by atoms with van der Waals surface area (Å²) in [6.45, 7) is 5.10. The number of hydrogen-bond acceptors (Lipinski definition) is 7. The van der Waals surface area contributed by atoms with Crippen molar-refractivity contribution < 1.29 is 28.4 Å². The number of ether oxygens (including phenoxy) is 6. The maximum atomic E-state index is 5.61. The predicted molar refractivity (Wildman–Crippen MR) is 98.3 cm³/mol. The highest BCUT2D eigenvalue weighted by atomic mass is 16.7. The summed E-state index contributed by atoms with van der Waals surface area (Å²) in [7, 11) is 0. The molecule has 1 aromatic rings. The van der Waals surface area contributed by atoms with Crippen molar-refractivity contribution in [3.05, 3.63) is 24.3 Å². The van der Waals surface area contributed by atoms with E-state index in [1.165, 1.54) is 6.42 Å². The Labute approximate surface area is 155 Å². The van der Waals surface area contributed by atoms with Crippen LogP contribution in [0.1, 0.15) is 19.3 Å². The molecule has 2 N–H and O–H groups in total. The van der Waals surface area contributed by atoms with Crippen LogP contribution in [-0.4, -0.2) is 65.8 Å². The first-order valence-electron chi connectivity index (χ1n) is 9.29. The van der Waals surface area contributed by atoms with Crippen molar-refractivity contribution in [2.24, 2.45) is 0 Å². The van der Waals surface area contributed by atoms with E-state index >= 15 is 0 Å². The van der Waals surface area contributed by atoms with Crippen LogP contribution in [0, 0.1) is 0 Å². The summed E-state index contributed by atoms with van der Waals surface area (Å²) in [5.41, 5.74) is 6.33. The molecule has 1 heterocycles. The fourth-order valence-electron chi connectivity index (χ4n) is 2.41. The molecular weight excluding hydrogens is 338 g/mol. The molecule has 1 saturated heterocycles. The fourth-order valence-corrected chi connectivity index (χ4v) is 2.41. The van der Waals surface area contributed by atoms with Gasteiger partial charge in [0.05, 0.1) is 46.2 Å². The summed E-state index contributed by atoms with van der Waals surface area (Å²) in [4.78, 5) is 0. The smallest absolute Gasteiger partial charge is 0.157 e. The van der Waals surface area contributed by atoms with E-state index in [1.807, 2.05) is 24.3 Å². The van der Waals surface area contributed by atoms with Crippen LogP contribution in [-0.2, 0) is 23.7 Å². The minimum absolute atomic E-state index is 0.0512. The molecule has 26 heavy (non-hydrogen) atoms. The number of rotatable bonds is 14. The topological polar surface area (TPSA) is 81.4 Å². The van der Waals surface area contributed by atoms with E-state index in [1.54, 1.807) is 0 Å². The van der Waals surface area contributed by atoms with Gasteiger partial charge in [0, 0.05) is 12.3 Å². The molecule has 2 rings (SSSR count). The van der Waals surface area contributed by atoms with Crippen LogP contribution in [0.25, 0.3) is 0 Å². The average Bonchev–Trinajstić information content (AvgIpc) is 2.68. The monoisotopic (exact) mass is 369 g/mol. The quantitative estimate of drug-likeness (QED) is 0.398. The highest BCUT2D eigenvalue weighted by Crippen LogP contribution is 2.13. The molecule has 0 aliphatic carbocycles. The van der Waals surface area contributed by atoms with Crippen molar-refractivity contribution in [2.75, 3.05) is 65.2 Å². The number of benzene rings is 1. The molecule has 0 aromatic heterocycles. The van der Waals surface area contributed by atoms with Crippen molar-refractivity contribution in [3.8, 4) is 5.75 Å². The Hall–Kier alpha value is -1.38. The van der Waals surface area contributed by atoms with E-state index in [-0.39, 0.29) is 6.29 Å². The molecule has 7 heteroatoms. The second kappa shape index (κ2) is 13.8. The highest BCUT2D eigenvalue weighted by molar-refractivity contribution is 5.41. The van der Waals surface area contributed by atoms with E-state index in [0.717, 1.165) is 30.9 Å². The van der Waals surface area contributed by atoms with Crippen LogP contribution < -0.4 is 10.5 Å². The SMILES string of the molecule is Nc1ccc(OCCOCCOCCOCCOC2CCCCO2)cc1. The number of nitrogen functional groups attached to an aromatic ring is 1. The minimum Gasteiger partial charge on any atom is -0.491 e. The van der Waals surface area contributed by atoms with Crippen molar-refractivity contribution in [1.82, 2.24) is 0 Å². The molecular formula is C19H31NO6. The Morgan fingerprint density at radius 1 is 0.808 bits per heavy atom. The first kappa shape index (κ1) is 20.9. The van der Waals surface area contributed by atoms with Crippen molar-refractivity contribution in [2.45, 2.75) is 25.6 Å². The summed E-state index contributed by atoms with van der Waals surface area (Å²) in [6, 6.07) is 7.29. The third-order valence-electron chi connectivity index (χ3n) is 3.79. The third kappa shape index (κ3) is 9.94. The van der Waals surface area contributed by atoms with Gasteiger partial charge in [-0.15, -0.1) is 0 Å². The van der Waals surface area contributed by atoms with Gasteiger partial charge in [-0.25, -0.2) is 0 Å². The zero-order valence-corrected chi connectivity index (χ0v) is 15.4. The average molecular weight is 369 g/mol. The molecule has 1 atom stereocenters. The first-order chi connectivity index (χ1) is 12.8. The fraction of sp³-hybridized carbons (Fsp3) is 0.684. The number of nitrogens with two attached hydrogens (primary N) is 1. The van der Waals surface area contributed by atoms with Crippen molar-refractivity contribution in [3.63, 3.8) is 0 Å². The van der Waals surface area contributed by atoms with E-state index < -0.39 is 0 Å². The molecule has 0 spiro atoms. The van der Waals surface area contributed by atoms with E-state index in [4.69, 9.17) is 34.2 Å². The van der Waals surface area contributed by atoms with Crippen LogP contribution in [0.4, 0.5) is 5.69 Å². The summed E-state index contributed by atoms with van der Waals surface area (Å²) >= 11 is 0. The van der Waals surface area contributed by atoms with Crippen LogP contribution in [0.5, 0.6) is 5.75 Å². The van der Waals surface area contributed by atoms with Crippen molar-refractivity contribution >= 4 is 5.69 Å². The Bertz CT molecular complexity index is 450. The van der Waals surface area contributed by atoms with Crippen molar-refractivity contribution in [1.29, 1.82) is 0 Å². The lowest BCUT2D eigenvalue weighted by Crippen LogP contribution is -2.24. The lowest BCUT2D eigenvalue weighted by atomic mass is 10.2. The number of hydrogen-bond donors (Lipinski definition) is 1. The molecule has 0 bridgehead atoms. The van der Waals surface area contributed by atoms with Gasteiger partial charge >= 0.3 is 0 Å². The van der Waals surface area contributed by atoms with Crippen LogP contribution >= 0.6 is 0 Å². The van der Waals surface area contributed by atoms with Gasteiger partial charge in [-0.1, -0.05) is 0 Å². The van der Waals surface area contributed by atoms with E-state index in [9.17, 15) is 0 Å². The Morgan fingerprint density at radius 3 is 2.04 bits per heavy atom. The second-order valence-corrected chi connectivity index (χ2v) is 5.92. The van der Waals surface area contributed by atoms with Gasteiger partial charge in [-0.3, -0.25) is 0 Å². The molecule has 1 fully saturated rings. The Morgan fingerprint density at radius 2 is 1.42 bits per heavy atom. The molecule has 1 unspecified atom stereocenters. The number of anilines is 1. The molecule has 1 aliphatic rings. The highest BCUT2D eigenvalue weighted by Gasteiger charge is 2.13. The molecule has 0 saturated carbocycles. The summed E-state index contributed by atoms with van der Waals surface area (Å²) in [5, 5.41) is 0. The lowest BCUT2D eigenvalue weighted by Gasteiger charge is -2.22. The largest absolute Gasteiger partial charge is 0.491 e. The van der Waals surface area contributed by atoms with Gasteiger partial charge in [0.15, 0.2) is 6.29 Å². The van der Waals surface area contributed by atoms with Gasteiger partial charge in [0.1, 0.15) is 12.4 Å². The standard InChI is InChI=1S/C19H31NO6/c20-17-4-6-18(7-5-17)24-15-13-22-11-9-21-10-12-23-14-16-26-19-3-1-2-8-25-19/h4-7,19H,1-3,8-16,20H2. The first-order valence-corrected chi connectivity index (χ1v) is 9.29. The van der Waals surface area contributed by atoms with E-state index in [2.05, 4.69) is 0 Å². The zero-order valence-electron chi connectivity index (χ0n) is 15.4. The minimum atomic E-state index is -0.0512. The molecule has 0 radical (unpaired) electrons. The van der Waals surface area contributed by atoms with Crippen LogP contribution in [0.3, 0.4) is 0 Å². The Balaban J connectivity index is 1.28. The normalized spacial score (nSPS) is 17.3. The maximum Gasteiger partial charge on any atom is 0.157 e. The summed E-state index contributed by atoms with van der Waals surface area (Å²) < 4.78 is 32.9. The predicted octanol–water partition coefficient (Wildman–Crippen LogP) is 2.24. The molecule has 7 nitrogen and oxygen atoms in total. The van der Waals surface area contributed by atoms with Gasteiger partial charge < -0.3 is 34.2 Å². The lowest BCUT2D eigenvalue weighted by molar-refractivity contribution is -0.169. The zero-order chi connectivity index (χ0) is 18.3. The molecule has 1 aliphatic heterocycles. The van der Waals surface area contributed by atoms with Crippen LogP contribution in [0.15, 0.2) is 24.3 Å². The molecule has 148 valence electrons. The maximum absolute atomic E-state index is 5.61. The van der Waals surface area contributed by atoms with Gasteiger partial charge in [0.2, 0.25) is 0 Å². The van der Waals surface area contributed by atoms with Crippen LogP contribution in [0.2, 0.25) is 0 Å². The van der Waals surface area contributed by atoms with E-state index in [0.29, 0.717) is 52.9 Å².